The summed E-state index contributed by atoms with van der Waals surface area (Å²) >= 11 is 1.74. The van der Waals surface area contributed by atoms with Gasteiger partial charge in [-0.3, -0.25) is 4.99 Å². The molecule has 1 aromatic rings. The van der Waals surface area contributed by atoms with Crippen molar-refractivity contribution in [1.82, 2.24) is 5.32 Å². The van der Waals surface area contributed by atoms with Crippen LogP contribution < -0.4 is 5.32 Å². The Hall–Kier alpha value is -1.01. The van der Waals surface area contributed by atoms with E-state index in [0.717, 1.165) is 17.3 Å². The summed E-state index contributed by atoms with van der Waals surface area (Å²) in [7, 11) is -3.11. The van der Waals surface area contributed by atoms with Gasteiger partial charge in [-0.1, -0.05) is 30.8 Å². The molecular weight excluding hydrogens is 268 g/mol. The van der Waals surface area contributed by atoms with Crippen molar-refractivity contribution in [3.05, 3.63) is 29.8 Å². The number of hydrogen-bond acceptors (Lipinski definition) is 5. The van der Waals surface area contributed by atoms with Gasteiger partial charge >= 0.3 is 0 Å². The Balaban J connectivity index is 1.95. The highest BCUT2D eigenvalue weighted by Gasteiger charge is 2.14. The molecule has 1 heterocycles. The SMILES string of the molecule is CC1CN=C(NCc2ccc(S(C)(=O)=O)cc2)S1. The first-order chi connectivity index (χ1) is 8.45. The van der Waals surface area contributed by atoms with E-state index in [4.69, 9.17) is 0 Å². The normalized spacial score (nSPS) is 19.7. The minimum absolute atomic E-state index is 0.354. The van der Waals surface area contributed by atoms with Gasteiger partial charge in [0.15, 0.2) is 15.0 Å². The Bertz CT molecular complexity index is 550. The second kappa shape index (κ2) is 5.32. The van der Waals surface area contributed by atoms with Crippen molar-refractivity contribution < 1.29 is 8.42 Å². The second-order valence-electron chi connectivity index (χ2n) is 4.34. The van der Waals surface area contributed by atoms with E-state index in [0.29, 0.717) is 16.7 Å². The molecule has 2 rings (SSSR count). The van der Waals surface area contributed by atoms with Crippen molar-refractivity contribution in [2.45, 2.75) is 23.6 Å². The number of hydrogen-bond donors (Lipinski definition) is 1. The lowest BCUT2D eigenvalue weighted by atomic mass is 10.2. The van der Waals surface area contributed by atoms with Crippen molar-refractivity contribution in [3.63, 3.8) is 0 Å². The summed E-state index contributed by atoms with van der Waals surface area (Å²) in [6.45, 7) is 3.67. The number of thioether (sulfide) groups is 1. The van der Waals surface area contributed by atoms with Gasteiger partial charge in [0, 0.05) is 18.1 Å². The quantitative estimate of drug-likeness (QED) is 0.917. The average Bonchev–Trinajstić information content (AvgIpc) is 2.72. The highest BCUT2D eigenvalue weighted by atomic mass is 32.2. The summed E-state index contributed by atoms with van der Waals surface area (Å²) in [6, 6.07) is 6.93. The van der Waals surface area contributed by atoms with Crippen molar-refractivity contribution in [2.75, 3.05) is 12.8 Å². The maximum absolute atomic E-state index is 11.3. The van der Waals surface area contributed by atoms with Crippen LogP contribution in [0.15, 0.2) is 34.2 Å². The molecule has 0 saturated heterocycles. The van der Waals surface area contributed by atoms with Gasteiger partial charge in [0.25, 0.3) is 0 Å². The fraction of sp³-hybridized carbons (Fsp3) is 0.417. The molecule has 1 atom stereocenters. The zero-order valence-corrected chi connectivity index (χ0v) is 12.0. The molecule has 0 saturated carbocycles. The van der Waals surface area contributed by atoms with Crippen molar-refractivity contribution in [2.24, 2.45) is 4.99 Å². The molecule has 0 spiro atoms. The zero-order valence-electron chi connectivity index (χ0n) is 10.4. The minimum atomic E-state index is -3.11. The van der Waals surface area contributed by atoms with E-state index in [2.05, 4.69) is 17.2 Å². The van der Waals surface area contributed by atoms with Gasteiger partial charge in [-0.05, 0) is 17.7 Å². The topological polar surface area (TPSA) is 58.5 Å². The molecule has 1 N–H and O–H groups in total. The van der Waals surface area contributed by atoms with E-state index >= 15 is 0 Å². The number of benzene rings is 1. The van der Waals surface area contributed by atoms with E-state index in [1.165, 1.54) is 6.26 Å². The van der Waals surface area contributed by atoms with Crippen LogP contribution in [-0.2, 0) is 16.4 Å². The Kier molecular flexibility index (Phi) is 3.97. The highest BCUT2D eigenvalue weighted by molar-refractivity contribution is 8.14. The lowest BCUT2D eigenvalue weighted by molar-refractivity contribution is 0.602. The van der Waals surface area contributed by atoms with Gasteiger partial charge in [0.1, 0.15) is 0 Å². The average molecular weight is 284 g/mol. The highest BCUT2D eigenvalue weighted by Crippen LogP contribution is 2.19. The maximum atomic E-state index is 11.3. The van der Waals surface area contributed by atoms with Gasteiger partial charge < -0.3 is 5.32 Å². The maximum Gasteiger partial charge on any atom is 0.175 e. The fourth-order valence-corrected chi connectivity index (χ4v) is 3.07. The molecule has 98 valence electrons. The monoisotopic (exact) mass is 284 g/mol. The Morgan fingerprint density at radius 3 is 2.56 bits per heavy atom. The molecule has 0 aromatic heterocycles. The van der Waals surface area contributed by atoms with Gasteiger partial charge in [-0.25, -0.2) is 8.42 Å². The van der Waals surface area contributed by atoms with Crippen molar-refractivity contribution >= 4 is 26.8 Å². The molecule has 1 aliphatic rings. The summed E-state index contributed by atoms with van der Waals surface area (Å²) in [5.41, 5.74) is 1.05. The summed E-state index contributed by atoms with van der Waals surface area (Å²) in [5.74, 6) is 0. The van der Waals surface area contributed by atoms with E-state index in [1.54, 1.807) is 23.9 Å². The summed E-state index contributed by atoms with van der Waals surface area (Å²) in [5, 5.41) is 4.76. The molecule has 0 bridgehead atoms. The number of rotatable bonds is 3. The van der Waals surface area contributed by atoms with Gasteiger partial charge in [0.2, 0.25) is 0 Å². The number of sulfone groups is 1. The first-order valence-corrected chi connectivity index (χ1v) is 8.46. The van der Waals surface area contributed by atoms with E-state index in [9.17, 15) is 8.42 Å². The smallest absolute Gasteiger partial charge is 0.175 e. The predicted molar refractivity (Wildman–Crippen MR) is 75.7 cm³/mol. The Morgan fingerprint density at radius 2 is 2.06 bits per heavy atom. The molecule has 4 nitrogen and oxygen atoms in total. The molecule has 0 amide bonds. The lowest BCUT2D eigenvalue weighted by Crippen LogP contribution is -2.18. The summed E-state index contributed by atoms with van der Waals surface area (Å²) < 4.78 is 22.6. The fourth-order valence-electron chi connectivity index (χ4n) is 1.61. The number of aliphatic imine (C=N–C) groups is 1. The molecule has 0 fully saturated rings. The zero-order chi connectivity index (χ0) is 13.2. The third kappa shape index (κ3) is 3.49. The van der Waals surface area contributed by atoms with Gasteiger partial charge in [-0.2, -0.15) is 0 Å². The van der Waals surface area contributed by atoms with Crippen molar-refractivity contribution in [3.8, 4) is 0 Å². The molecule has 1 aromatic carbocycles. The van der Waals surface area contributed by atoms with Crippen molar-refractivity contribution in [1.29, 1.82) is 0 Å². The third-order valence-electron chi connectivity index (χ3n) is 2.60. The molecular formula is C12H16N2O2S2. The van der Waals surface area contributed by atoms with Gasteiger partial charge in [0.05, 0.1) is 11.4 Å². The van der Waals surface area contributed by atoms with Crippen LogP contribution in [0.3, 0.4) is 0 Å². The second-order valence-corrected chi connectivity index (χ2v) is 7.79. The molecule has 0 radical (unpaired) electrons. The van der Waals surface area contributed by atoms with E-state index < -0.39 is 9.84 Å². The molecule has 1 aliphatic heterocycles. The molecule has 0 aliphatic carbocycles. The molecule has 6 heteroatoms. The number of amidine groups is 1. The first kappa shape index (κ1) is 13.4. The number of nitrogens with one attached hydrogen (secondary N) is 1. The molecule has 1 unspecified atom stereocenters. The third-order valence-corrected chi connectivity index (χ3v) is 4.78. The number of nitrogens with zero attached hydrogens (tertiary/aromatic N) is 1. The van der Waals surface area contributed by atoms with Crippen LogP contribution in [-0.4, -0.2) is 31.6 Å². The lowest BCUT2D eigenvalue weighted by Gasteiger charge is -2.06. The Labute approximate surface area is 112 Å². The first-order valence-electron chi connectivity index (χ1n) is 5.69. The van der Waals surface area contributed by atoms with Crippen LogP contribution in [0.5, 0.6) is 0 Å². The van der Waals surface area contributed by atoms with Crippen LogP contribution in [0.25, 0.3) is 0 Å². The van der Waals surface area contributed by atoms with Crippen LogP contribution in [0, 0.1) is 0 Å². The van der Waals surface area contributed by atoms with Crippen LogP contribution in [0.4, 0.5) is 0 Å². The Morgan fingerprint density at radius 1 is 1.39 bits per heavy atom. The van der Waals surface area contributed by atoms with E-state index in [1.807, 2.05) is 12.1 Å². The minimum Gasteiger partial charge on any atom is -0.361 e. The standard InChI is InChI=1S/C12H16N2O2S2/c1-9-7-13-12(17-9)14-8-10-3-5-11(6-4-10)18(2,15)16/h3-6,9H,7-8H2,1-2H3,(H,13,14). The largest absolute Gasteiger partial charge is 0.361 e. The summed E-state index contributed by atoms with van der Waals surface area (Å²) in [4.78, 5) is 4.72. The van der Waals surface area contributed by atoms with E-state index in [-0.39, 0.29) is 0 Å². The summed E-state index contributed by atoms with van der Waals surface area (Å²) in [6.07, 6.45) is 1.21. The van der Waals surface area contributed by atoms with Crippen LogP contribution in [0.1, 0.15) is 12.5 Å². The predicted octanol–water partition coefficient (Wildman–Crippen LogP) is 1.67. The van der Waals surface area contributed by atoms with Crippen LogP contribution >= 0.6 is 11.8 Å². The van der Waals surface area contributed by atoms with Crippen LogP contribution in [0.2, 0.25) is 0 Å². The van der Waals surface area contributed by atoms with Gasteiger partial charge in [-0.15, -0.1) is 0 Å². The molecule has 18 heavy (non-hydrogen) atoms.